The quantitative estimate of drug-likeness (QED) is 0.797. The normalized spacial score (nSPS) is 10.0. The van der Waals surface area contributed by atoms with Crippen LogP contribution in [0.25, 0.3) is 0 Å². The maximum Gasteiger partial charge on any atom is 0.276 e. The minimum Gasteiger partial charge on any atom is -0.361 e. The van der Waals surface area contributed by atoms with Crippen molar-refractivity contribution in [2.45, 2.75) is 12.3 Å². The van der Waals surface area contributed by atoms with Gasteiger partial charge in [0.25, 0.3) is 11.1 Å². The van der Waals surface area contributed by atoms with Gasteiger partial charge in [0.1, 0.15) is 0 Å². The molecular weight excluding hydrogens is 390 g/mol. The van der Waals surface area contributed by atoms with Gasteiger partial charge in [-0.05, 0) is 41.5 Å². The first kappa shape index (κ1) is 18.0. The average Bonchev–Trinajstić information content (AvgIpc) is 2.58. The van der Waals surface area contributed by atoms with Crippen LogP contribution in [0, 0.1) is 11.3 Å². The average molecular weight is 404 g/mol. The molecule has 0 aliphatic heterocycles. The van der Waals surface area contributed by atoms with Gasteiger partial charge in [0, 0.05) is 22.3 Å². The number of carbonyl (C=O) groups excluding carboxylic acids is 2. The fourth-order valence-electron chi connectivity index (χ4n) is 2.03. The summed E-state index contributed by atoms with van der Waals surface area (Å²) in [6.45, 7) is 0.350. The van der Waals surface area contributed by atoms with Gasteiger partial charge in [-0.2, -0.15) is 5.26 Å². The van der Waals surface area contributed by atoms with Gasteiger partial charge in [-0.25, -0.2) is 0 Å². The van der Waals surface area contributed by atoms with Crippen molar-refractivity contribution < 1.29 is 9.59 Å². The van der Waals surface area contributed by atoms with Gasteiger partial charge in [-0.3, -0.25) is 9.59 Å². The van der Waals surface area contributed by atoms with Crippen LogP contribution in [0.15, 0.2) is 46.9 Å². The van der Waals surface area contributed by atoms with Gasteiger partial charge in [0.2, 0.25) is 0 Å². The lowest BCUT2D eigenvalue weighted by Gasteiger charge is -2.10. The summed E-state index contributed by atoms with van der Waals surface area (Å²) in [5.41, 5.74) is 7.85. The molecule has 122 valence electrons. The van der Waals surface area contributed by atoms with Gasteiger partial charge in [0.15, 0.2) is 0 Å². The number of nitrogens with zero attached hydrogens (tertiary/aromatic N) is 1. The molecule has 0 bridgehead atoms. The number of carbonyl (C=O) groups is 2. The Balaban J connectivity index is 2.08. The number of benzene rings is 2. The minimum absolute atomic E-state index is 0.230. The Kier molecular flexibility index (Phi) is 6.41. The van der Waals surface area contributed by atoms with Crippen LogP contribution in [0.4, 0.5) is 4.79 Å². The first-order chi connectivity index (χ1) is 11.5. The van der Waals surface area contributed by atoms with Crippen LogP contribution in [0.3, 0.4) is 0 Å². The lowest BCUT2D eigenvalue weighted by atomic mass is 10.1. The predicted molar refractivity (Wildman–Crippen MR) is 97.3 cm³/mol. The minimum atomic E-state index is -0.487. The zero-order valence-electron chi connectivity index (χ0n) is 12.6. The number of halogens is 1. The number of nitrogens with one attached hydrogen (secondary N) is 1. The van der Waals surface area contributed by atoms with Crippen molar-refractivity contribution in [3.05, 3.63) is 69.2 Å². The molecule has 0 aromatic heterocycles. The smallest absolute Gasteiger partial charge is 0.276 e. The molecule has 0 aliphatic carbocycles. The molecule has 0 saturated carbocycles. The van der Waals surface area contributed by atoms with Crippen molar-refractivity contribution in [1.29, 1.82) is 5.26 Å². The van der Waals surface area contributed by atoms with E-state index >= 15 is 0 Å². The molecule has 0 heterocycles. The van der Waals surface area contributed by atoms with Crippen LogP contribution in [0.5, 0.6) is 0 Å². The van der Waals surface area contributed by atoms with Gasteiger partial charge in [-0.15, -0.1) is 0 Å². The van der Waals surface area contributed by atoms with Crippen LogP contribution >= 0.6 is 27.7 Å². The highest BCUT2D eigenvalue weighted by molar-refractivity contribution is 9.10. The topological polar surface area (TPSA) is 96.0 Å². The number of thioether (sulfide) groups is 1. The molecule has 0 saturated heterocycles. The van der Waals surface area contributed by atoms with E-state index in [0.29, 0.717) is 23.4 Å². The molecule has 2 aromatic rings. The number of hydrogen-bond acceptors (Lipinski definition) is 4. The highest BCUT2D eigenvalue weighted by atomic mass is 79.9. The van der Waals surface area contributed by atoms with Crippen LogP contribution in [0.2, 0.25) is 0 Å². The first-order valence-electron chi connectivity index (χ1n) is 6.97. The van der Waals surface area contributed by atoms with Gasteiger partial charge >= 0.3 is 0 Å². The largest absolute Gasteiger partial charge is 0.361 e. The van der Waals surface area contributed by atoms with E-state index in [4.69, 9.17) is 11.0 Å². The third-order valence-corrected chi connectivity index (χ3v) is 4.45. The second-order valence-electron chi connectivity index (χ2n) is 4.90. The van der Waals surface area contributed by atoms with Crippen LogP contribution in [-0.2, 0) is 12.3 Å². The van der Waals surface area contributed by atoms with E-state index in [1.807, 2.05) is 6.07 Å². The summed E-state index contributed by atoms with van der Waals surface area (Å²) in [7, 11) is 0. The number of rotatable bonds is 5. The van der Waals surface area contributed by atoms with Gasteiger partial charge < -0.3 is 11.1 Å². The Bertz CT molecular complexity index is 800. The third-order valence-electron chi connectivity index (χ3n) is 3.22. The summed E-state index contributed by atoms with van der Waals surface area (Å²) in [6.07, 6.45) is 0. The summed E-state index contributed by atoms with van der Waals surface area (Å²) < 4.78 is 0.825. The summed E-state index contributed by atoms with van der Waals surface area (Å²) in [6, 6.07) is 14.3. The Hall–Kier alpha value is -2.30. The van der Waals surface area contributed by atoms with Crippen molar-refractivity contribution in [2.24, 2.45) is 5.73 Å². The Labute approximate surface area is 152 Å². The summed E-state index contributed by atoms with van der Waals surface area (Å²) in [5.74, 6) is 0.0981. The summed E-state index contributed by atoms with van der Waals surface area (Å²) >= 11 is 4.31. The Morgan fingerprint density at radius 2 is 1.92 bits per heavy atom. The number of nitriles is 1. The highest BCUT2D eigenvalue weighted by Gasteiger charge is 2.13. The molecular formula is C17H14BrN3O2S. The predicted octanol–water partition coefficient (Wildman–Crippen LogP) is 3.56. The molecule has 0 unspecified atom stereocenters. The van der Waals surface area contributed by atoms with Crippen LogP contribution in [-0.4, -0.2) is 11.1 Å². The summed E-state index contributed by atoms with van der Waals surface area (Å²) in [4.78, 5) is 23.4. The molecule has 0 fully saturated rings. The maximum atomic E-state index is 12.4. The second kappa shape index (κ2) is 8.52. The Morgan fingerprint density at radius 3 is 2.54 bits per heavy atom. The van der Waals surface area contributed by atoms with Crippen molar-refractivity contribution >= 4 is 38.8 Å². The second-order valence-corrected chi connectivity index (χ2v) is 6.80. The van der Waals surface area contributed by atoms with Crippen LogP contribution in [0.1, 0.15) is 27.0 Å². The molecule has 0 spiro atoms. The molecule has 3 N–H and O–H groups in total. The zero-order valence-corrected chi connectivity index (χ0v) is 15.0. The first-order valence-corrected chi connectivity index (χ1v) is 8.75. The lowest BCUT2D eigenvalue weighted by molar-refractivity contribution is 0.0950. The van der Waals surface area contributed by atoms with E-state index in [-0.39, 0.29) is 5.91 Å². The number of nitrogens with two attached hydrogens (primary N) is 1. The van der Waals surface area contributed by atoms with Crippen molar-refractivity contribution in [3.63, 3.8) is 0 Å². The molecule has 0 radical (unpaired) electrons. The van der Waals surface area contributed by atoms with Crippen LogP contribution < -0.4 is 11.1 Å². The van der Waals surface area contributed by atoms with Gasteiger partial charge in [0.05, 0.1) is 11.6 Å². The molecule has 7 heteroatoms. The standard InChI is InChI=1S/C17H14BrN3O2S/c18-14-5-6-15(13(7-14)10-24-17(20)23)16(22)21-9-12-3-1-11(8-19)2-4-12/h1-7H,9-10H2,(H2,20,23)(H,21,22). The number of hydrogen-bond donors (Lipinski definition) is 2. The fraction of sp³-hybridized carbons (Fsp3) is 0.118. The molecule has 2 amide bonds. The zero-order chi connectivity index (χ0) is 17.5. The van der Waals surface area contributed by atoms with E-state index in [0.717, 1.165) is 27.4 Å². The van der Waals surface area contributed by atoms with E-state index < -0.39 is 5.24 Å². The Morgan fingerprint density at radius 1 is 1.21 bits per heavy atom. The number of primary amides is 1. The van der Waals surface area contributed by atoms with Crippen molar-refractivity contribution in [2.75, 3.05) is 0 Å². The van der Waals surface area contributed by atoms with Crippen molar-refractivity contribution in [1.82, 2.24) is 5.32 Å². The van der Waals surface area contributed by atoms with E-state index in [2.05, 4.69) is 21.2 Å². The van der Waals surface area contributed by atoms with Gasteiger partial charge in [-0.1, -0.05) is 39.8 Å². The molecule has 2 rings (SSSR count). The van der Waals surface area contributed by atoms with E-state index in [1.54, 1.807) is 42.5 Å². The molecule has 24 heavy (non-hydrogen) atoms. The van der Waals surface area contributed by atoms with Crippen molar-refractivity contribution in [3.8, 4) is 6.07 Å². The molecule has 5 nitrogen and oxygen atoms in total. The van der Waals surface area contributed by atoms with E-state index in [9.17, 15) is 9.59 Å². The lowest BCUT2D eigenvalue weighted by Crippen LogP contribution is -2.24. The maximum absolute atomic E-state index is 12.4. The fourth-order valence-corrected chi connectivity index (χ4v) is 2.97. The highest BCUT2D eigenvalue weighted by Crippen LogP contribution is 2.21. The SMILES string of the molecule is N#Cc1ccc(CNC(=O)c2ccc(Br)cc2CSC(N)=O)cc1. The third kappa shape index (κ3) is 5.11. The summed E-state index contributed by atoms with van der Waals surface area (Å²) in [5, 5.41) is 11.1. The molecule has 0 aliphatic rings. The molecule has 0 atom stereocenters. The van der Waals surface area contributed by atoms with E-state index in [1.165, 1.54) is 0 Å². The monoisotopic (exact) mass is 403 g/mol. The number of amides is 2. The molecule has 2 aromatic carbocycles.